The van der Waals surface area contributed by atoms with E-state index in [0.29, 0.717) is 0 Å². The summed E-state index contributed by atoms with van der Waals surface area (Å²) in [6.45, 7) is 0.118. The summed E-state index contributed by atoms with van der Waals surface area (Å²) < 4.78 is 36.1. The minimum Gasteiger partial charge on any atom is -0.351 e. The number of thiophene rings is 1. The van der Waals surface area contributed by atoms with Crippen molar-refractivity contribution in [2.24, 2.45) is 0 Å². The normalized spacial score (nSPS) is 11.5. The van der Waals surface area contributed by atoms with E-state index in [9.17, 15) is 18.0 Å². The van der Waals surface area contributed by atoms with Gasteiger partial charge in [0.1, 0.15) is 6.42 Å². The Kier molecular flexibility index (Phi) is 4.15. The Labute approximate surface area is 96.6 Å². The van der Waals surface area contributed by atoms with E-state index in [1.54, 1.807) is 11.4 Å². The topological polar surface area (TPSA) is 29.1 Å². The third-order valence-electron chi connectivity index (χ3n) is 1.50. The first-order valence-electron chi connectivity index (χ1n) is 3.94. The molecular formula is C8H7BrF3NOS. The lowest BCUT2D eigenvalue weighted by Gasteiger charge is -2.06. The molecule has 0 aromatic carbocycles. The number of alkyl halides is 3. The van der Waals surface area contributed by atoms with E-state index in [1.165, 1.54) is 11.3 Å². The maximum absolute atomic E-state index is 11.8. The molecule has 84 valence electrons. The van der Waals surface area contributed by atoms with Gasteiger partial charge in [-0.15, -0.1) is 11.3 Å². The van der Waals surface area contributed by atoms with E-state index < -0.39 is 18.5 Å². The molecule has 1 aromatic rings. The first-order chi connectivity index (χ1) is 6.88. The third kappa shape index (κ3) is 4.65. The van der Waals surface area contributed by atoms with Crippen molar-refractivity contribution in [3.05, 3.63) is 20.8 Å². The van der Waals surface area contributed by atoms with Crippen LogP contribution in [0.3, 0.4) is 0 Å². The van der Waals surface area contributed by atoms with Crippen molar-refractivity contribution in [2.45, 2.75) is 19.1 Å². The molecule has 0 bridgehead atoms. The Balaban J connectivity index is 2.38. The molecule has 0 atom stereocenters. The quantitative estimate of drug-likeness (QED) is 0.913. The fourth-order valence-corrected chi connectivity index (χ4v) is 2.31. The standard InChI is InChI=1S/C8H7BrF3NOS/c9-5-1-2-15-6(5)4-13-7(14)3-8(10,11)12/h1-2H,3-4H2,(H,13,14). The molecule has 1 aromatic heterocycles. The lowest BCUT2D eigenvalue weighted by molar-refractivity contribution is -0.153. The number of hydrogen-bond acceptors (Lipinski definition) is 2. The molecule has 1 N–H and O–H groups in total. The molecule has 0 unspecified atom stereocenters. The van der Waals surface area contributed by atoms with Crippen LogP contribution in [-0.4, -0.2) is 12.1 Å². The van der Waals surface area contributed by atoms with Crippen molar-refractivity contribution in [1.82, 2.24) is 5.32 Å². The van der Waals surface area contributed by atoms with Gasteiger partial charge >= 0.3 is 6.18 Å². The van der Waals surface area contributed by atoms with E-state index in [4.69, 9.17) is 0 Å². The highest BCUT2D eigenvalue weighted by Gasteiger charge is 2.30. The van der Waals surface area contributed by atoms with Crippen LogP contribution in [-0.2, 0) is 11.3 Å². The molecule has 0 aliphatic rings. The summed E-state index contributed by atoms with van der Waals surface area (Å²) in [6, 6.07) is 1.77. The largest absolute Gasteiger partial charge is 0.397 e. The molecule has 0 aliphatic heterocycles. The first kappa shape index (κ1) is 12.5. The Morgan fingerprint density at radius 2 is 2.20 bits per heavy atom. The van der Waals surface area contributed by atoms with Crippen molar-refractivity contribution >= 4 is 33.2 Å². The zero-order chi connectivity index (χ0) is 11.5. The van der Waals surface area contributed by atoms with E-state index in [-0.39, 0.29) is 6.54 Å². The number of carbonyl (C=O) groups excluding carboxylic acids is 1. The van der Waals surface area contributed by atoms with Gasteiger partial charge < -0.3 is 5.32 Å². The van der Waals surface area contributed by atoms with Crippen LogP contribution in [0, 0.1) is 0 Å². The van der Waals surface area contributed by atoms with Crippen LogP contribution >= 0.6 is 27.3 Å². The molecule has 1 rings (SSSR count). The van der Waals surface area contributed by atoms with Crippen LogP contribution in [0.1, 0.15) is 11.3 Å². The molecule has 0 aliphatic carbocycles. The first-order valence-corrected chi connectivity index (χ1v) is 5.61. The number of amides is 1. The number of carbonyl (C=O) groups is 1. The number of halogens is 4. The average Bonchev–Trinajstić information content (AvgIpc) is 2.44. The number of nitrogens with one attached hydrogen (secondary N) is 1. The molecule has 0 fully saturated rings. The van der Waals surface area contributed by atoms with Crippen LogP contribution in [0.2, 0.25) is 0 Å². The molecule has 15 heavy (non-hydrogen) atoms. The molecule has 0 saturated heterocycles. The second-order valence-corrected chi connectivity index (χ2v) is 4.62. The zero-order valence-corrected chi connectivity index (χ0v) is 9.80. The molecule has 7 heteroatoms. The Morgan fingerprint density at radius 1 is 1.53 bits per heavy atom. The van der Waals surface area contributed by atoms with Crippen LogP contribution < -0.4 is 5.32 Å². The van der Waals surface area contributed by atoms with E-state index in [2.05, 4.69) is 21.2 Å². The Morgan fingerprint density at radius 3 is 2.67 bits per heavy atom. The molecule has 1 amide bonds. The smallest absolute Gasteiger partial charge is 0.351 e. The molecule has 0 spiro atoms. The van der Waals surface area contributed by atoms with Gasteiger partial charge in [-0.2, -0.15) is 13.2 Å². The van der Waals surface area contributed by atoms with Gasteiger partial charge in [0.25, 0.3) is 0 Å². The fourth-order valence-electron chi connectivity index (χ4n) is 0.875. The van der Waals surface area contributed by atoms with Crippen molar-refractivity contribution in [3.8, 4) is 0 Å². The van der Waals surface area contributed by atoms with Crippen molar-refractivity contribution in [3.63, 3.8) is 0 Å². The fraction of sp³-hybridized carbons (Fsp3) is 0.375. The predicted molar refractivity (Wildman–Crippen MR) is 54.5 cm³/mol. The van der Waals surface area contributed by atoms with Crippen molar-refractivity contribution in [2.75, 3.05) is 0 Å². The SMILES string of the molecule is O=C(CC(F)(F)F)NCc1sccc1Br. The molecule has 0 radical (unpaired) electrons. The van der Waals surface area contributed by atoms with Gasteiger partial charge in [0.05, 0.1) is 6.54 Å². The van der Waals surface area contributed by atoms with E-state index in [1.807, 2.05) is 0 Å². The summed E-state index contributed by atoms with van der Waals surface area (Å²) in [7, 11) is 0. The minimum absolute atomic E-state index is 0.118. The summed E-state index contributed by atoms with van der Waals surface area (Å²) in [4.78, 5) is 11.6. The minimum atomic E-state index is -4.45. The van der Waals surface area contributed by atoms with Crippen LogP contribution in [0.15, 0.2) is 15.9 Å². The molecular weight excluding hydrogens is 295 g/mol. The van der Waals surface area contributed by atoms with E-state index >= 15 is 0 Å². The second kappa shape index (κ2) is 4.98. The van der Waals surface area contributed by atoms with Crippen molar-refractivity contribution in [1.29, 1.82) is 0 Å². The summed E-state index contributed by atoms with van der Waals surface area (Å²) in [6.07, 6.45) is -5.88. The summed E-state index contributed by atoms with van der Waals surface area (Å²) in [5, 5.41) is 3.99. The van der Waals surface area contributed by atoms with Gasteiger partial charge in [-0.3, -0.25) is 4.79 Å². The maximum atomic E-state index is 11.8. The number of rotatable bonds is 3. The Hall–Kier alpha value is -0.560. The van der Waals surface area contributed by atoms with Gasteiger partial charge in [-0.05, 0) is 27.4 Å². The third-order valence-corrected chi connectivity index (χ3v) is 3.42. The van der Waals surface area contributed by atoms with Crippen molar-refractivity contribution < 1.29 is 18.0 Å². The second-order valence-electron chi connectivity index (χ2n) is 2.76. The highest BCUT2D eigenvalue weighted by molar-refractivity contribution is 9.10. The van der Waals surface area contributed by atoms with Gasteiger partial charge in [-0.1, -0.05) is 0 Å². The van der Waals surface area contributed by atoms with Gasteiger partial charge in [0, 0.05) is 9.35 Å². The monoisotopic (exact) mass is 301 g/mol. The summed E-state index contributed by atoms with van der Waals surface area (Å²) in [5.41, 5.74) is 0. The molecule has 1 heterocycles. The lowest BCUT2D eigenvalue weighted by atomic mass is 10.4. The van der Waals surface area contributed by atoms with Gasteiger partial charge in [0.15, 0.2) is 0 Å². The maximum Gasteiger partial charge on any atom is 0.397 e. The molecule has 2 nitrogen and oxygen atoms in total. The lowest BCUT2D eigenvalue weighted by Crippen LogP contribution is -2.27. The molecule has 0 saturated carbocycles. The van der Waals surface area contributed by atoms with E-state index in [0.717, 1.165) is 9.35 Å². The highest BCUT2D eigenvalue weighted by atomic mass is 79.9. The summed E-state index contributed by atoms with van der Waals surface area (Å²) >= 11 is 4.58. The van der Waals surface area contributed by atoms with Crippen LogP contribution in [0.4, 0.5) is 13.2 Å². The van der Waals surface area contributed by atoms with Crippen LogP contribution in [0.25, 0.3) is 0 Å². The zero-order valence-electron chi connectivity index (χ0n) is 7.40. The average molecular weight is 302 g/mol. The van der Waals surface area contributed by atoms with Crippen LogP contribution in [0.5, 0.6) is 0 Å². The summed E-state index contributed by atoms with van der Waals surface area (Å²) in [5.74, 6) is -1.01. The highest BCUT2D eigenvalue weighted by Crippen LogP contribution is 2.23. The van der Waals surface area contributed by atoms with Gasteiger partial charge in [0.2, 0.25) is 5.91 Å². The van der Waals surface area contributed by atoms with Gasteiger partial charge in [-0.25, -0.2) is 0 Å². The predicted octanol–water partition coefficient (Wildman–Crippen LogP) is 3.08. The Bertz CT molecular complexity index is 350. The number of hydrogen-bond donors (Lipinski definition) is 1.